The lowest BCUT2D eigenvalue weighted by atomic mass is 10.2. The van der Waals surface area contributed by atoms with E-state index in [9.17, 15) is 35.5 Å². The van der Waals surface area contributed by atoms with E-state index in [0.29, 0.717) is 11.6 Å². The average Bonchev–Trinajstić information content (AvgIpc) is 2.58. The molecule has 6 nitrogen and oxygen atoms in total. The minimum Gasteiger partial charge on any atom is -0.493 e. The Morgan fingerprint density at radius 1 is 1.18 bits per heavy atom. The fraction of sp³-hybridized carbons (Fsp3) is 0.429. The van der Waals surface area contributed by atoms with Crippen LogP contribution >= 0.6 is 11.6 Å². The summed E-state index contributed by atoms with van der Waals surface area (Å²) in [6, 6.07) is -3.58. The predicted octanol–water partition coefficient (Wildman–Crippen LogP) is 3.61. The molecular formula is C14H12ClF7N2O4. The van der Waals surface area contributed by atoms with Crippen LogP contribution in [0.15, 0.2) is 17.2 Å². The lowest BCUT2D eigenvalue weighted by Crippen LogP contribution is -2.58. The summed E-state index contributed by atoms with van der Waals surface area (Å²) in [5.41, 5.74) is 0.344. The average molecular weight is 441 g/mol. The van der Waals surface area contributed by atoms with Crippen molar-refractivity contribution in [3.8, 4) is 11.5 Å². The number of hydrazone groups is 1. The molecule has 1 rings (SSSR count). The second-order valence-corrected chi connectivity index (χ2v) is 5.32. The van der Waals surface area contributed by atoms with Gasteiger partial charge in [-0.25, -0.2) is 10.2 Å². The maximum Gasteiger partial charge on any atom is 0.462 e. The van der Waals surface area contributed by atoms with E-state index in [1.54, 1.807) is 0 Å². The number of ether oxygens (including phenoxy) is 3. The van der Waals surface area contributed by atoms with Gasteiger partial charge in [0, 0.05) is 0 Å². The molecule has 0 amide bonds. The van der Waals surface area contributed by atoms with Gasteiger partial charge >= 0.3 is 24.1 Å². The molecule has 0 aliphatic carbocycles. The van der Waals surface area contributed by atoms with Crippen LogP contribution in [0, 0.1) is 0 Å². The van der Waals surface area contributed by atoms with Crippen molar-refractivity contribution in [2.45, 2.75) is 18.1 Å². The molecule has 0 fully saturated rings. The maximum atomic E-state index is 13.1. The SMILES string of the molecule is COC(=O)COc1c(Cl)cc(/C=N/NC(F)(F)C(F)(F)C(F)(F)F)cc1OC. The van der Waals surface area contributed by atoms with Crippen LogP contribution in [-0.2, 0) is 9.53 Å². The highest BCUT2D eigenvalue weighted by Gasteiger charge is 2.73. The summed E-state index contributed by atoms with van der Waals surface area (Å²) in [7, 11) is 2.27. The van der Waals surface area contributed by atoms with Gasteiger partial charge in [-0.15, -0.1) is 0 Å². The Hall–Kier alpha value is -2.44. The van der Waals surface area contributed by atoms with Crippen LogP contribution in [0.1, 0.15) is 5.56 Å². The zero-order valence-electron chi connectivity index (χ0n) is 14.0. The number of hydrogen-bond donors (Lipinski definition) is 1. The van der Waals surface area contributed by atoms with Crippen molar-refractivity contribution in [1.82, 2.24) is 5.43 Å². The number of nitrogens with zero attached hydrogens (tertiary/aromatic N) is 1. The normalized spacial score (nSPS) is 12.8. The monoisotopic (exact) mass is 440 g/mol. The summed E-state index contributed by atoms with van der Waals surface area (Å²) >= 11 is 5.89. The van der Waals surface area contributed by atoms with Gasteiger partial charge in [-0.1, -0.05) is 11.6 Å². The first-order chi connectivity index (χ1) is 12.8. The molecule has 1 N–H and O–H groups in total. The topological polar surface area (TPSA) is 69.2 Å². The number of halogens is 8. The molecule has 0 atom stereocenters. The molecule has 1 aromatic rings. The highest BCUT2D eigenvalue weighted by atomic mass is 35.5. The number of carbonyl (C=O) groups is 1. The number of carbonyl (C=O) groups excluding carboxylic acids is 1. The Balaban J connectivity index is 3.01. The molecule has 28 heavy (non-hydrogen) atoms. The molecule has 0 aliphatic heterocycles. The summed E-state index contributed by atoms with van der Waals surface area (Å²) in [6.45, 7) is -0.541. The van der Waals surface area contributed by atoms with Crippen LogP contribution in [0.2, 0.25) is 5.02 Å². The number of rotatable bonds is 8. The van der Waals surface area contributed by atoms with Crippen molar-refractivity contribution >= 4 is 23.8 Å². The third-order valence-corrected chi connectivity index (χ3v) is 3.26. The van der Waals surface area contributed by atoms with E-state index in [2.05, 4.69) is 9.84 Å². The Morgan fingerprint density at radius 2 is 1.79 bits per heavy atom. The third kappa shape index (κ3) is 5.30. The van der Waals surface area contributed by atoms with Gasteiger partial charge in [-0.3, -0.25) is 0 Å². The number of esters is 1. The number of methoxy groups -OCH3 is 2. The summed E-state index contributed by atoms with van der Waals surface area (Å²) in [4.78, 5) is 11.1. The van der Waals surface area contributed by atoms with E-state index in [-0.39, 0.29) is 22.1 Å². The smallest absolute Gasteiger partial charge is 0.462 e. The van der Waals surface area contributed by atoms with Gasteiger partial charge in [-0.2, -0.15) is 35.8 Å². The quantitative estimate of drug-likeness (QED) is 0.220. The van der Waals surface area contributed by atoms with Crippen molar-refractivity contribution in [3.05, 3.63) is 22.7 Å². The van der Waals surface area contributed by atoms with Gasteiger partial charge in [0.1, 0.15) is 0 Å². The van der Waals surface area contributed by atoms with Crippen LogP contribution in [0.25, 0.3) is 0 Å². The van der Waals surface area contributed by atoms with Crippen LogP contribution in [-0.4, -0.2) is 51.2 Å². The highest BCUT2D eigenvalue weighted by molar-refractivity contribution is 6.32. The number of hydrogen-bond acceptors (Lipinski definition) is 6. The Bertz CT molecular complexity index is 741. The van der Waals surface area contributed by atoms with E-state index < -0.39 is 30.7 Å². The molecule has 0 aromatic heterocycles. The molecule has 0 spiro atoms. The highest BCUT2D eigenvalue weighted by Crippen LogP contribution is 2.45. The van der Waals surface area contributed by atoms with Crippen molar-refractivity contribution < 1.29 is 49.7 Å². The third-order valence-electron chi connectivity index (χ3n) is 2.98. The Kier molecular flexibility index (Phi) is 7.34. The van der Waals surface area contributed by atoms with E-state index in [0.717, 1.165) is 26.4 Å². The second kappa shape index (κ2) is 8.71. The molecule has 0 heterocycles. The molecule has 14 heteroatoms. The van der Waals surface area contributed by atoms with E-state index in [4.69, 9.17) is 21.1 Å². The Labute approximate surface area is 158 Å². The Morgan fingerprint density at radius 3 is 2.29 bits per heavy atom. The summed E-state index contributed by atoms with van der Waals surface area (Å²) in [5, 5.41) is 2.50. The maximum absolute atomic E-state index is 13.1. The molecular weight excluding hydrogens is 429 g/mol. The lowest BCUT2D eigenvalue weighted by molar-refractivity contribution is -0.361. The van der Waals surface area contributed by atoms with Gasteiger partial charge < -0.3 is 14.2 Å². The first-order valence-corrected chi connectivity index (χ1v) is 7.34. The molecule has 0 saturated carbocycles. The van der Waals surface area contributed by atoms with Crippen LogP contribution in [0.3, 0.4) is 0 Å². The van der Waals surface area contributed by atoms with Gasteiger partial charge in [0.15, 0.2) is 18.1 Å². The fourth-order valence-electron chi connectivity index (χ4n) is 1.58. The van der Waals surface area contributed by atoms with Crippen LogP contribution < -0.4 is 14.9 Å². The zero-order valence-corrected chi connectivity index (χ0v) is 14.8. The molecule has 0 bridgehead atoms. The van der Waals surface area contributed by atoms with E-state index >= 15 is 0 Å². The van der Waals surface area contributed by atoms with Crippen molar-refractivity contribution in [1.29, 1.82) is 0 Å². The predicted molar refractivity (Wildman–Crippen MR) is 82.2 cm³/mol. The van der Waals surface area contributed by atoms with Gasteiger partial charge in [0.2, 0.25) is 0 Å². The van der Waals surface area contributed by atoms with Crippen LogP contribution in [0.4, 0.5) is 30.7 Å². The van der Waals surface area contributed by atoms with Crippen molar-refractivity contribution in [3.63, 3.8) is 0 Å². The minimum atomic E-state index is -6.50. The minimum absolute atomic E-state index is 0.106. The molecule has 0 radical (unpaired) electrons. The molecule has 1 aromatic carbocycles. The molecule has 0 unspecified atom stereocenters. The summed E-state index contributed by atoms with van der Waals surface area (Å²) < 4.78 is 102. The van der Waals surface area contributed by atoms with Gasteiger partial charge in [-0.05, 0) is 17.7 Å². The van der Waals surface area contributed by atoms with Crippen molar-refractivity contribution in [2.75, 3.05) is 20.8 Å². The lowest BCUT2D eigenvalue weighted by Gasteiger charge is -2.27. The molecule has 0 saturated heterocycles. The van der Waals surface area contributed by atoms with Gasteiger partial charge in [0.25, 0.3) is 0 Å². The largest absolute Gasteiger partial charge is 0.493 e. The first kappa shape index (κ1) is 23.6. The van der Waals surface area contributed by atoms with E-state index in [1.807, 2.05) is 0 Å². The first-order valence-electron chi connectivity index (χ1n) is 6.96. The van der Waals surface area contributed by atoms with Gasteiger partial charge in [0.05, 0.1) is 25.5 Å². The zero-order chi connectivity index (χ0) is 21.8. The number of benzene rings is 1. The summed E-state index contributed by atoms with van der Waals surface area (Å²) in [5.74, 6) is -7.35. The summed E-state index contributed by atoms with van der Waals surface area (Å²) in [6.07, 6.45) is -6.00. The molecule has 0 aliphatic rings. The fourth-order valence-corrected chi connectivity index (χ4v) is 1.85. The standard InChI is InChI=1S/C14H12ClF7N2O4/c1-26-9-4-7(3-8(15)11(9)28-6-10(25)27-2)5-23-24-14(21,22)12(16,17)13(18,19)20/h3-5,24H,6H2,1-2H3/b23-5+. The molecule has 158 valence electrons. The van der Waals surface area contributed by atoms with E-state index in [1.165, 1.54) is 0 Å². The van der Waals surface area contributed by atoms with Crippen molar-refractivity contribution in [2.24, 2.45) is 5.10 Å². The number of alkyl halides is 7. The number of nitrogens with one attached hydrogen (secondary N) is 1. The second-order valence-electron chi connectivity index (χ2n) is 4.92. The van der Waals surface area contributed by atoms with Crippen LogP contribution in [0.5, 0.6) is 11.5 Å².